The second-order valence-corrected chi connectivity index (χ2v) is 7.14. The second-order valence-electron chi connectivity index (χ2n) is 6.70. The van der Waals surface area contributed by atoms with Gasteiger partial charge in [0.1, 0.15) is 18.5 Å². The van der Waals surface area contributed by atoms with E-state index in [9.17, 15) is 4.79 Å². The van der Waals surface area contributed by atoms with Crippen molar-refractivity contribution < 1.29 is 14.4 Å². The summed E-state index contributed by atoms with van der Waals surface area (Å²) in [6, 6.07) is 15.4. The number of carbonyl (C=O) groups is 1. The van der Waals surface area contributed by atoms with Crippen LogP contribution in [0.15, 0.2) is 60.7 Å². The molecule has 5 nitrogen and oxygen atoms in total. The van der Waals surface area contributed by atoms with Gasteiger partial charge in [0, 0.05) is 11.6 Å². The fourth-order valence-corrected chi connectivity index (χ4v) is 3.67. The van der Waals surface area contributed by atoms with Gasteiger partial charge in [0.25, 0.3) is 5.91 Å². The molecule has 0 spiro atoms. The van der Waals surface area contributed by atoms with Crippen molar-refractivity contribution in [1.82, 2.24) is 9.96 Å². The van der Waals surface area contributed by atoms with Crippen LogP contribution in [0.3, 0.4) is 0 Å². The minimum absolute atomic E-state index is 0.0555. The zero-order chi connectivity index (χ0) is 18.8. The molecule has 2 aromatic carbocycles. The summed E-state index contributed by atoms with van der Waals surface area (Å²) in [7, 11) is 1.62. The number of fused-ring (bicyclic) bond motifs is 2. The summed E-state index contributed by atoms with van der Waals surface area (Å²) in [6.07, 6.45) is 4.21. The van der Waals surface area contributed by atoms with Gasteiger partial charge in [0.2, 0.25) is 0 Å². The number of nitrogens with zero attached hydrogens (tertiary/aromatic N) is 2. The molecule has 0 saturated carbocycles. The number of carbonyl (C=O) groups excluding carboxylic acids is 1. The Bertz CT molecular complexity index is 836. The van der Waals surface area contributed by atoms with Crippen LogP contribution in [-0.2, 0) is 16.1 Å². The monoisotopic (exact) mass is 384 g/mol. The van der Waals surface area contributed by atoms with Gasteiger partial charge in [-0.05, 0) is 35.4 Å². The van der Waals surface area contributed by atoms with Crippen LogP contribution in [-0.4, -0.2) is 42.3 Å². The number of ether oxygens (including phenoxy) is 1. The lowest BCUT2D eigenvalue weighted by Crippen LogP contribution is -2.55. The van der Waals surface area contributed by atoms with Gasteiger partial charge in [-0.15, -0.1) is 0 Å². The average molecular weight is 385 g/mol. The first-order valence-corrected chi connectivity index (χ1v) is 9.28. The van der Waals surface area contributed by atoms with Crippen LogP contribution < -0.4 is 4.74 Å². The van der Waals surface area contributed by atoms with Crippen molar-refractivity contribution in [2.24, 2.45) is 0 Å². The van der Waals surface area contributed by atoms with E-state index >= 15 is 0 Å². The van der Waals surface area contributed by atoms with Crippen molar-refractivity contribution in [3.8, 4) is 5.75 Å². The maximum absolute atomic E-state index is 12.7. The van der Waals surface area contributed by atoms with Crippen molar-refractivity contribution in [2.75, 3.05) is 20.3 Å². The van der Waals surface area contributed by atoms with Crippen molar-refractivity contribution in [3.63, 3.8) is 0 Å². The van der Waals surface area contributed by atoms with Crippen LogP contribution in [0.2, 0.25) is 5.02 Å². The van der Waals surface area contributed by atoms with E-state index in [1.165, 1.54) is 5.06 Å². The molecule has 140 valence electrons. The predicted molar refractivity (Wildman–Crippen MR) is 103 cm³/mol. The van der Waals surface area contributed by atoms with Crippen molar-refractivity contribution >= 4 is 17.5 Å². The molecule has 3 atom stereocenters. The minimum atomic E-state index is -0.200. The molecule has 1 saturated heterocycles. The van der Waals surface area contributed by atoms with Gasteiger partial charge in [-0.3, -0.25) is 14.5 Å². The predicted octanol–water partition coefficient (Wildman–Crippen LogP) is 3.60. The fourth-order valence-electron chi connectivity index (χ4n) is 3.54. The number of rotatable bonds is 4. The third kappa shape index (κ3) is 3.86. The summed E-state index contributed by atoms with van der Waals surface area (Å²) < 4.78 is 5.16. The van der Waals surface area contributed by atoms with E-state index in [2.05, 4.69) is 11.0 Å². The molecule has 2 heterocycles. The molecule has 2 aliphatic heterocycles. The van der Waals surface area contributed by atoms with Gasteiger partial charge in [0.05, 0.1) is 19.6 Å². The summed E-state index contributed by atoms with van der Waals surface area (Å²) in [5.41, 5.74) is 2.07. The van der Waals surface area contributed by atoms with E-state index in [-0.39, 0.29) is 18.1 Å². The number of hydrogen-bond acceptors (Lipinski definition) is 4. The highest BCUT2D eigenvalue weighted by molar-refractivity contribution is 6.30. The quantitative estimate of drug-likeness (QED) is 0.755. The molecular weight excluding hydrogens is 364 g/mol. The van der Waals surface area contributed by atoms with E-state index in [4.69, 9.17) is 21.2 Å². The fraction of sp³-hybridized carbons (Fsp3) is 0.286. The van der Waals surface area contributed by atoms with E-state index in [1.54, 1.807) is 7.11 Å². The Morgan fingerprint density at radius 1 is 1.19 bits per heavy atom. The topological polar surface area (TPSA) is 42.0 Å². The molecule has 1 amide bonds. The van der Waals surface area contributed by atoms with E-state index in [1.807, 2.05) is 54.6 Å². The molecule has 3 unspecified atom stereocenters. The molecular formula is C21H21ClN2O3. The van der Waals surface area contributed by atoms with Crippen LogP contribution in [0.25, 0.3) is 0 Å². The average Bonchev–Trinajstić information content (AvgIpc) is 2.68. The van der Waals surface area contributed by atoms with Crippen LogP contribution in [0.1, 0.15) is 17.2 Å². The molecule has 2 aliphatic rings. The van der Waals surface area contributed by atoms with E-state index < -0.39 is 0 Å². The van der Waals surface area contributed by atoms with Gasteiger partial charge in [-0.1, -0.05) is 48.0 Å². The lowest BCUT2D eigenvalue weighted by atomic mass is 9.96. The molecule has 0 radical (unpaired) electrons. The molecule has 0 aliphatic carbocycles. The summed E-state index contributed by atoms with van der Waals surface area (Å²) in [5, 5.41) is 2.19. The smallest absolute Gasteiger partial charge is 0.251 e. The van der Waals surface area contributed by atoms with Gasteiger partial charge in [-0.2, -0.15) is 0 Å². The summed E-state index contributed by atoms with van der Waals surface area (Å²) in [6.45, 7) is 1.21. The molecule has 6 heteroatoms. The summed E-state index contributed by atoms with van der Waals surface area (Å²) in [5.74, 6) is 0.719. The third-order valence-corrected chi connectivity index (χ3v) is 5.19. The minimum Gasteiger partial charge on any atom is -0.497 e. The Morgan fingerprint density at radius 2 is 1.93 bits per heavy atom. The summed E-state index contributed by atoms with van der Waals surface area (Å²) in [4.78, 5) is 21.0. The summed E-state index contributed by atoms with van der Waals surface area (Å²) >= 11 is 6.01. The number of halogens is 1. The molecule has 0 N–H and O–H groups in total. The third-order valence-electron chi connectivity index (χ3n) is 4.93. The SMILES string of the molecule is COc1ccc(CC(=O)N2CN3CC=CC(O2)C3c2ccc(Cl)cc2)cc1. The Labute approximate surface area is 163 Å². The highest BCUT2D eigenvalue weighted by Gasteiger charge is 2.39. The molecule has 27 heavy (non-hydrogen) atoms. The van der Waals surface area contributed by atoms with Crippen LogP contribution >= 0.6 is 11.6 Å². The first kappa shape index (κ1) is 18.0. The molecule has 1 fully saturated rings. The number of methoxy groups -OCH3 is 1. The number of amides is 1. The Kier molecular flexibility index (Phi) is 5.16. The Morgan fingerprint density at radius 3 is 2.59 bits per heavy atom. The normalized spacial score (nSPS) is 23.9. The van der Waals surface area contributed by atoms with Gasteiger partial charge in [-0.25, -0.2) is 5.06 Å². The van der Waals surface area contributed by atoms with Crippen LogP contribution in [0, 0.1) is 0 Å². The van der Waals surface area contributed by atoms with Crippen LogP contribution in [0.4, 0.5) is 0 Å². The van der Waals surface area contributed by atoms with Crippen molar-refractivity contribution in [2.45, 2.75) is 18.6 Å². The maximum Gasteiger partial charge on any atom is 0.251 e. The zero-order valence-electron chi connectivity index (χ0n) is 15.0. The first-order valence-electron chi connectivity index (χ1n) is 8.90. The lowest BCUT2D eigenvalue weighted by molar-refractivity contribution is -0.254. The lowest BCUT2D eigenvalue weighted by Gasteiger charge is -2.46. The number of hydrogen-bond donors (Lipinski definition) is 0. The van der Waals surface area contributed by atoms with E-state index in [0.29, 0.717) is 18.1 Å². The molecule has 2 bridgehead atoms. The standard InChI is InChI=1S/C21H21ClN2O3/c1-26-18-10-4-15(5-11-18)13-20(25)24-14-23-12-2-3-19(27-24)21(23)16-6-8-17(22)9-7-16/h2-11,19,21H,12-14H2,1H3. The largest absolute Gasteiger partial charge is 0.497 e. The maximum atomic E-state index is 12.7. The van der Waals surface area contributed by atoms with Gasteiger partial charge in [0.15, 0.2) is 0 Å². The Hall–Kier alpha value is -2.34. The second kappa shape index (κ2) is 7.72. The highest BCUT2D eigenvalue weighted by Crippen LogP contribution is 2.35. The van der Waals surface area contributed by atoms with Crippen LogP contribution in [0.5, 0.6) is 5.75 Å². The first-order chi connectivity index (χ1) is 13.1. The van der Waals surface area contributed by atoms with Crippen molar-refractivity contribution in [3.05, 3.63) is 76.8 Å². The van der Waals surface area contributed by atoms with Gasteiger partial charge >= 0.3 is 0 Å². The van der Waals surface area contributed by atoms with E-state index in [0.717, 1.165) is 23.4 Å². The molecule has 0 aromatic heterocycles. The molecule has 2 aromatic rings. The number of benzene rings is 2. The number of hydroxylamine groups is 2. The van der Waals surface area contributed by atoms with Crippen molar-refractivity contribution in [1.29, 1.82) is 0 Å². The Balaban J connectivity index is 1.47. The molecule has 4 rings (SSSR count). The zero-order valence-corrected chi connectivity index (χ0v) is 15.8. The van der Waals surface area contributed by atoms with Gasteiger partial charge < -0.3 is 4.74 Å². The highest BCUT2D eigenvalue weighted by atomic mass is 35.5.